The number of carbonyl (C=O) groups excluding carboxylic acids is 2. The smallest absolute Gasteiger partial charge is 0.325 e. The molecular weight excluding hydrogens is 344 g/mol. The van der Waals surface area contributed by atoms with E-state index in [1.54, 1.807) is 6.92 Å². The van der Waals surface area contributed by atoms with Crippen molar-refractivity contribution >= 4 is 22.9 Å². The van der Waals surface area contributed by atoms with Crippen LogP contribution in [0.4, 0.5) is 0 Å². The van der Waals surface area contributed by atoms with Crippen LogP contribution in [0.25, 0.3) is 11.0 Å². The summed E-state index contributed by atoms with van der Waals surface area (Å²) in [5, 5.41) is 2.62. The number of benzene rings is 1. The van der Waals surface area contributed by atoms with Gasteiger partial charge in [0.25, 0.3) is 0 Å². The summed E-state index contributed by atoms with van der Waals surface area (Å²) in [5.41, 5.74) is 2.24. The summed E-state index contributed by atoms with van der Waals surface area (Å²) >= 11 is 0. The maximum Gasteiger partial charge on any atom is 0.325 e. The molecule has 1 aromatic carbocycles. The van der Waals surface area contributed by atoms with Gasteiger partial charge in [-0.15, -0.1) is 0 Å². The average Bonchev–Trinajstić information content (AvgIpc) is 2.97. The van der Waals surface area contributed by atoms with Crippen LogP contribution in [0.3, 0.4) is 0 Å². The maximum absolute atomic E-state index is 12.0. The van der Waals surface area contributed by atoms with Gasteiger partial charge in [0.1, 0.15) is 12.4 Å². The van der Waals surface area contributed by atoms with E-state index in [4.69, 9.17) is 4.74 Å². The van der Waals surface area contributed by atoms with E-state index in [0.29, 0.717) is 19.1 Å². The molecule has 27 heavy (non-hydrogen) atoms. The second-order valence-electron chi connectivity index (χ2n) is 7.06. The highest BCUT2D eigenvalue weighted by molar-refractivity contribution is 5.83. The van der Waals surface area contributed by atoms with E-state index in [-0.39, 0.29) is 12.5 Å². The minimum absolute atomic E-state index is 0.0594. The summed E-state index contributed by atoms with van der Waals surface area (Å²) in [6.07, 6.45) is 2.11. The van der Waals surface area contributed by atoms with E-state index in [9.17, 15) is 9.59 Å². The van der Waals surface area contributed by atoms with Crippen LogP contribution >= 0.6 is 0 Å². The Kier molecular flexibility index (Phi) is 6.45. The molecule has 1 saturated heterocycles. The van der Waals surface area contributed by atoms with Crippen LogP contribution in [-0.2, 0) is 20.9 Å². The van der Waals surface area contributed by atoms with Crippen LogP contribution in [0, 0.1) is 12.8 Å². The van der Waals surface area contributed by atoms with Gasteiger partial charge in [-0.3, -0.25) is 14.5 Å². The van der Waals surface area contributed by atoms with E-state index in [1.807, 2.05) is 6.07 Å². The molecule has 3 rings (SSSR count). The van der Waals surface area contributed by atoms with Crippen molar-refractivity contribution in [3.63, 3.8) is 0 Å². The van der Waals surface area contributed by atoms with E-state index in [0.717, 1.165) is 43.8 Å². The Morgan fingerprint density at radius 1 is 1.26 bits per heavy atom. The van der Waals surface area contributed by atoms with Gasteiger partial charge in [-0.1, -0.05) is 12.1 Å². The predicted molar refractivity (Wildman–Crippen MR) is 103 cm³/mol. The van der Waals surface area contributed by atoms with Crippen molar-refractivity contribution in [1.29, 1.82) is 0 Å². The quantitative estimate of drug-likeness (QED) is 0.749. The second-order valence-corrected chi connectivity index (χ2v) is 7.06. The Labute approximate surface area is 159 Å². The standard InChI is InChI=1S/C20H28N4O3/c1-3-27-20(26)12-21-19(25)14-23-10-8-16(9-11-23)13-24-15(2)22-17-6-4-5-7-18(17)24/h4-7,16H,3,8-14H2,1-2H3,(H,21,25). The summed E-state index contributed by atoms with van der Waals surface area (Å²) in [6, 6.07) is 8.25. The Balaban J connectivity index is 1.45. The molecule has 1 aliphatic rings. The SMILES string of the molecule is CCOC(=O)CNC(=O)CN1CCC(Cn2c(C)nc3ccccc32)CC1. The topological polar surface area (TPSA) is 76.5 Å². The van der Waals surface area contributed by atoms with Gasteiger partial charge in [0.05, 0.1) is 24.2 Å². The van der Waals surface area contributed by atoms with Crippen molar-refractivity contribution in [2.24, 2.45) is 5.92 Å². The number of para-hydroxylation sites is 2. The number of imidazole rings is 1. The largest absolute Gasteiger partial charge is 0.465 e. The van der Waals surface area contributed by atoms with E-state index < -0.39 is 5.97 Å². The number of likely N-dealkylation sites (tertiary alicyclic amines) is 1. The first-order valence-electron chi connectivity index (χ1n) is 9.63. The highest BCUT2D eigenvalue weighted by Crippen LogP contribution is 2.23. The number of esters is 1. The molecule has 0 aliphatic carbocycles. The van der Waals surface area contributed by atoms with Crippen molar-refractivity contribution in [1.82, 2.24) is 19.8 Å². The molecule has 1 fully saturated rings. The van der Waals surface area contributed by atoms with Gasteiger partial charge in [0, 0.05) is 6.54 Å². The lowest BCUT2D eigenvalue weighted by atomic mass is 9.96. The number of ether oxygens (including phenoxy) is 1. The third kappa shape index (κ3) is 5.07. The number of aryl methyl sites for hydroxylation is 1. The van der Waals surface area contributed by atoms with Crippen molar-refractivity contribution in [3.05, 3.63) is 30.1 Å². The fraction of sp³-hybridized carbons (Fsp3) is 0.550. The van der Waals surface area contributed by atoms with Crippen LogP contribution in [0.15, 0.2) is 24.3 Å². The maximum atomic E-state index is 12.0. The Hall–Kier alpha value is -2.41. The minimum Gasteiger partial charge on any atom is -0.465 e. The lowest BCUT2D eigenvalue weighted by Gasteiger charge is -2.31. The van der Waals surface area contributed by atoms with Crippen LogP contribution < -0.4 is 5.32 Å². The molecule has 0 spiro atoms. The summed E-state index contributed by atoms with van der Waals surface area (Å²) in [5.74, 6) is 1.11. The molecule has 1 N–H and O–H groups in total. The minimum atomic E-state index is -0.396. The molecule has 0 atom stereocenters. The zero-order valence-electron chi connectivity index (χ0n) is 16.1. The normalized spacial score (nSPS) is 15.8. The zero-order valence-corrected chi connectivity index (χ0v) is 16.1. The van der Waals surface area contributed by atoms with Crippen LogP contribution in [-0.4, -0.2) is 59.1 Å². The molecule has 0 unspecified atom stereocenters. The molecule has 1 aliphatic heterocycles. The Bertz CT molecular complexity index is 794. The van der Waals surface area contributed by atoms with Gasteiger partial charge in [0.2, 0.25) is 5.91 Å². The number of hydrogen-bond donors (Lipinski definition) is 1. The fourth-order valence-corrected chi connectivity index (χ4v) is 3.65. The highest BCUT2D eigenvalue weighted by atomic mass is 16.5. The highest BCUT2D eigenvalue weighted by Gasteiger charge is 2.22. The number of carbonyl (C=O) groups is 2. The van der Waals surface area contributed by atoms with Gasteiger partial charge < -0.3 is 14.6 Å². The first-order valence-corrected chi connectivity index (χ1v) is 9.63. The molecule has 7 heteroatoms. The van der Waals surface area contributed by atoms with Crippen LogP contribution in [0.1, 0.15) is 25.6 Å². The molecule has 2 heterocycles. The van der Waals surface area contributed by atoms with Gasteiger partial charge in [-0.25, -0.2) is 4.98 Å². The van der Waals surface area contributed by atoms with Gasteiger partial charge in [-0.2, -0.15) is 0 Å². The molecule has 0 radical (unpaired) electrons. The summed E-state index contributed by atoms with van der Waals surface area (Å²) < 4.78 is 7.12. The van der Waals surface area contributed by atoms with Gasteiger partial charge in [0.15, 0.2) is 0 Å². The predicted octanol–water partition coefficient (Wildman–Crippen LogP) is 1.74. The van der Waals surface area contributed by atoms with Crippen molar-refractivity contribution in [2.45, 2.75) is 33.2 Å². The van der Waals surface area contributed by atoms with Gasteiger partial charge >= 0.3 is 5.97 Å². The van der Waals surface area contributed by atoms with Crippen LogP contribution in [0.5, 0.6) is 0 Å². The van der Waals surface area contributed by atoms with Crippen molar-refractivity contribution in [3.8, 4) is 0 Å². The molecule has 1 amide bonds. The second kappa shape index (κ2) is 8.99. The molecule has 0 saturated carbocycles. The molecule has 146 valence electrons. The summed E-state index contributed by atoms with van der Waals surface area (Å²) in [4.78, 5) is 30.1. The monoisotopic (exact) mass is 372 g/mol. The Morgan fingerprint density at radius 3 is 2.74 bits per heavy atom. The Morgan fingerprint density at radius 2 is 2.00 bits per heavy atom. The average molecular weight is 372 g/mol. The number of amides is 1. The summed E-state index contributed by atoms with van der Waals surface area (Å²) in [6.45, 7) is 7.16. The number of nitrogens with zero attached hydrogens (tertiary/aromatic N) is 3. The van der Waals surface area contributed by atoms with E-state index in [2.05, 4.69) is 44.9 Å². The summed E-state index contributed by atoms with van der Waals surface area (Å²) in [7, 11) is 0. The fourth-order valence-electron chi connectivity index (χ4n) is 3.65. The lowest BCUT2D eigenvalue weighted by molar-refractivity contribution is -0.143. The van der Waals surface area contributed by atoms with Crippen LogP contribution in [0.2, 0.25) is 0 Å². The number of fused-ring (bicyclic) bond motifs is 1. The van der Waals surface area contributed by atoms with Crippen molar-refractivity contribution in [2.75, 3.05) is 32.8 Å². The number of aromatic nitrogens is 2. The third-order valence-corrected chi connectivity index (χ3v) is 5.10. The van der Waals surface area contributed by atoms with E-state index in [1.165, 1.54) is 5.52 Å². The number of piperidine rings is 1. The number of hydrogen-bond acceptors (Lipinski definition) is 5. The number of nitrogens with one attached hydrogen (secondary N) is 1. The first-order chi connectivity index (χ1) is 13.1. The molecule has 0 bridgehead atoms. The van der Waals surface area contributed by atoms with Gasteiger partial charge in [-0.05, 0) is 57.8 Å². The molecule has 1 aromatic heterocycles. The molecule has 7 nitrogen and oxygen atoms in total. The zero-order chi connectivity index (χ0) is 19.2. The lowest BCUT2D eigenvalue weighted by Crippen LogP contribution is -2.43. The number of rotatable bonds is 7. The molecule has 2 aromatic rings. The molecular formula is C20H28N4O3. The van der Waals surface area contributed by atoms with Crippen molar-refractivity contribution < 1.29 is 14.3 Å². The van der Waals surface area contributed by atoms with E-state index >= 15 is 0 Å². The third-order valence-electron chi connectivity index (χ3n) is 5.10. The first kappa shape index (κ1) is 19.4.